The van der Waals surface area contributed by atoms with Gasteiger partial charge in [0.2, 0.25) is 5.82 Å². The number of benzene rings is 1. The maximum atomic E-state index is 12.1. The number of hydrogen-bond acceptors (Lipinski definition) is 5. The first kappa shape index (κ1) is 15.9. The first-order chi connectivity index (χ1) is 10.3. The van der Waals surface area contributed by atoms with E-state index in [9.17, 15) is 23.3 Å². The molecule has 0 saturated carbocycles. The third kappa shape index (κ3) is 3.99. The van der Waals surface area contributed by atoms with Crippen molar-refractivity contribution in [3.8, 4) is 11.4 Å². The Balaban J connectivity index is 2.11. The highest BCUT2D eigenvalue weighted by Crippen LogP contribution is 2.24. The van der Waals surface area contributed by atoms with Gasteiger partial charge in [-0.25, -0.2) is 0 Å². The van der Waals surface area contributed by atoms with E-state index in [0.717, 1.165) is 4.80 Å². The summed E-state index contributed by atoms with van der Waals surface area (Å²) in [7, 11) is 0. The molecule has 0 bridgehead atoms. The average Bonchev–Trinajstić information content (AvgIpc) is 2.86. The molecular formula is C12H12F3N5O2. The molecule has 0 aliphatic carbocycles. The molecule has 0 N–H and O–H groups in total. The van der Waals surface area contributed by atoms with Crippen LogP contribution in [0.1, 0.15) is 18.4 Å². The summed E-state index contributed by atoms with van der Waals surface area (Å²) in [6, 6.07) is 4.46. The van der Waals surface area contributed by atoms with Crippen molar-refractivity contribution in [2.45, 2.75) is 32.5 Å². The number of tetrazole rings is 1. The number of nitro groups is 1. The summed E-state index contributed by atoms with van der Waals surface area (Å²) < 4.78 is 36.2. The fraction of sp³-hybridized carbons (Fsp3) is 0.417. The minimum absolute atomic E-state index is 0.0273. The number of nitro benzene ring substituents is 1. The summed E-state index contributed by atoms with van der Waals surface area (Å²) in [5.74, 6) is 0.134. The monoisotopic (exact) mass is 315 g/mol. The fourth-order valence-corrected chi connectivity index (χ4v) is 1.82. The Morgan fingerprint density at radius 1 is 1.36 bits per heavy atom. The van der Waals surface area contributed by atoms with E-state index in [1.54, 1.807) is 19.1 Å². The highest BCUT2D eigenvalue weighted by atomic mass is 19.4. The molecule has 0 atom stereocenters. The molecule has 0 spiro atoms. The van der Waals surface area contributed by atoms with E-state index in [4.69, 9.17) is 0 Å². The second kappa shape index (κ2) is 6.08. The summed E-state index contributed by atoms with van der Waals surface area (Å²) in [5.41, 5.74) is 0.802. The van der Waals surface area contributed by atoms with Crippen LogP contribution < -0.4 is 0 Å². The van der Waals surface area contributed by atoms with Crippen molar-refractivity contribution in [3.05, 3.63) is 33.9 Å². The van der Waals surface area contributed by atoms with Crippen molar-refractivity contribution in [3.63, 3.8) is 0 Å². The molecule has 1 heterocycles. The van der Waals surface area contributed by atoms with E-state index in [0.29, 0.717) is 11.1 Å². The van der Waals surface area contributed by atoms with Crippen LogP contribution in [0.15, 0.2) is 18.2 Å². The van der Waals surface area contributed by atoms with Gasteiger partial charge in [0, 0.05) is 23.6 Å². The van der Waals surface area contributed by atoms with Gasteiger partial charge in [-0.1, -0.05) is 12.1 Å². The van der Waals surface area contributed by atoms with Gasteiger partial charge in [0.1, 0.15) is 0 Å². The van der Waals surface area contributed by atoms with Crippen molar-refractivity contribution in [2.24, 2.45) is 0 Å². The maximum Gasteiger partial charge on any atom is 0.389 e. The largest absolute Gasteiger partial charge is 0.389 e. The predicted octanol–water partition coefficient (Wildman–Crippen LogP) is 2.90. The Hall–Kier alpha value is -2.52. The molecule has 0 aliphatic rings. The number of hydrogen-bond donors (Lipinski definition) is 0. The smallest absolute Gasteiger partial charge is 0.258 e. The molecular weight excluding hydrogens is 303 g/mol. The minimum atomic E-state index is -4.22. The summed E-state index contributed by atoms with van der Waals surface area (Å²) in [6.07, 6.45) is -5.31. The number of halogens is 3. The molecule has 0 radical (unpaired) electrons. The summed E-state index contributed by atoms with van der Waals surface area (Å²) in [6.45, 7) is 1.57. The molecule has 1 aromatic heterocycles. The standard InChI is InChI=1S/C12H12F3N5O2/c1-8-3-4-9(7-10(8)20(21)22)11-16-18-19(17-11)6-2-5-12(13,14)15/h3-4,7H,2,5-6H2,1H3. The quantitative estimate of drug-likeness (QED) is 0.625. The Morgan fingerprint density at radius 2 is 2.09 bits per heavy atom. The lowest BCUT2D eigenvalue weighted by Gasteiger charge is -2.04. The zero-order chi connectivity index (χ0) is 16.3. The van der Waals surface area contributed by atoms with E-state index in [-0.39, 0.29) is 24.5 Å². The SMILES string of the molecule is Cc1ccc(-c2nnn(CCCC(F)(F)F)n2)cc1[N+](=O)[O-]. The van der Waals surface area contributed by atoms with Crippen LogP contribution in [0.25, 0.3) is 11.4 Å². The Bertz CT molecular complexity index is 684. The molecule has 0 amide bonds. The Labute approximate surface area is 122 Å². The van der Waals surface area contributed by atoms with E-state index in [1.165, 1.54) is 6.07 Å². The normalized spacial score (nSPS) is 11.6. The van der Waals surface area contributed by atoms with E-state index >= 15 is 0 Å². The van der Waals surface area contributed by atoms with Crippen LogP contribution in [0.4, 0.5) is 18.9 Å². The van der Waals surface area contributed by atoms with Gasteiger partial charge < -0.3 is 0 Å². The zero-order valence-electron chi connectivity index (χ0n) is 11.5. The molecule has 22 heavy (non-hydrogen) atoms. The van der Waals surface area contributed by atoms with Gasteiger partial charge in [0.05, 0.1) is 11.5 Å². The van der Waals surface area contributed by atoms with E-state index in [1.807, 2.05) is 0 Å². The number of nitrogens with zero attached hydrogens (tertiary/aromatic N) is 5. The predicted molar refractivity (Wildman–Crippen MR) is 69.9 cm³/mol. The summed E-state index contributed by atoms with van der Waals surface area (Å²) in [4.78, 5) is 11.4. The van der Waals surface area contributed by atoms with Crippen molar-refractivity contribution >= 4 is 5.69 Å². The van der Waals surface area contributed by atoms with Crippen LogP contribution in [0, 0.1) is 17.0 Å². The van der Waals surface area contributed by atoms with Crippen LogP contribution in [0.5, 0.6) is 0 Å². The first-order valence-corrected chi connectivity index (χ1v) is 6.36. The van der Waals surface area contributed by atoms with Crippen LogP contribution >= 0.6 is 0 Å². The third-order valence-corrected chi connectivity index (χ3v) is 2.94. The van der Waals surface area contributed by atoms with Crippen LogP contribution in [-0.2, 0) is 6.54 Å². The summed E-state index contributed by atoms with van der Waals surface area (Å²) in [5, 5.41) is 22.2. The molecule has 0 saturated heterocycles. The second-order valence-electron chi connectivity index (χ2n) is 4.69. The number of aromatic nitrogens is 4. The van der Waals surface area contributed by atoms with Crippen molar-refractivity contribution in [1.82, 2.24) is 20.2 Å². The van der Waals surface area contributed by atoms with Gasteiger partial charge in [-0.15, -0.1) is 10.2 Å². The summed E-state index contributed by atoms with van der Waals surface area (Å²) >= 11 is 0. The van der Waals surface area contributed by atoms with Crippen molar-refractivity contribution in [1.29, 1.82) is 0 Å². The first-order valence-electron chi connectivity index (χ1n) is 6.36. The average molecular weight is 315 g/mol. The van der Waals surface area contributed by atoms with Crippen molar-refractivity contribution < 1.29 is 18.1 Å². The molecule has 2 aromatic rings. The minimum Gasteiger partial charge on any atom is -0.258 e. The molecule has 7 nitrogen and oxygen atoms in total. The Kier molecular flexibility index (Phi) is 4.38. The molecule has 0 fully saturated rings. The number of rotatable bonds is 5. The van der Waals surface area contributed by atoms with E-state index < -0.39 is 17.5 Å². The van der Waals surface area contributed by atoms with Crippen LogP contribution in [0.2, 0.25) is 0 Å². The number of alkyl halides is 3. The molecule has 2 rings (SSSR count). The van der Waals surface area contributed by atoms with Crippen LogP contribution in [-0.4, -0.2) is 31.3 Å². The van der Waals surface area contributed by atoms with Gasteiger partial charge >= 0.3 is 6.18 Å². The molecule has 0 unspecified atom stereocenters. The lowest BCUT2D eigenvalue weighted by atomic mass is 10.1. The van der Waals surface area contributed by atoms with Gasteiger partial charge in [0.15, 0.2) is 0 Å². The molecule has 1 aromatic carbocycles. The van der Waals surface area contributed by atoms with Gasteiger partial charge in [0.25, 0.3) is 5.69 Å². The number of aryl methyl sites for hydroxylation is 2. The second-order valence-corrected chi connectivity index (χ2v) is 4.69. The van der Waals surface area contributed by atoms with Crippen molar-refractivity contribution in [2.75, 3.05) is 0 Å². The van der Waals surface area contributed by atoms with Gasteiger partial charge in [-0.05, 0) is 18.6 Å². The molecule has 118 valence electrons. The van der Waals surface area contributed by atoms with Crippen LogP contribution in [0.3, 0.4) is 0 Å². The lowest BCUT2D eigenvalue weighted by Crippen LogP contribution is -2.10. The third-order valence-electron chi connectivity index (χ3n) is 2.94. The van der Waals surface area contributed by atoms with E-state index in [2.05, 4.69) is 15.4 Å². The maximum absolute atomic E-state index is 12.1. The highest BCUT2D eigenvalue weighted by molar-refractivity contribution is 5.60. The fourth-order valence-electron chi connectivity index (χ4n) is 1.82. The zero-order valence-corrected chi connectivity index (χ0v) is 11.5. The lowest BCUT2D eigenvalue weighted by molar-refractivity contribution is -0.385. The van der Waals surface area contributed by atoms with Gasteiger partial charge in [-0.3, -0.25) is 10.1 Å². The van der Waals surface area contributed by atoms with Gasteiger partial charge in [-0.2, -0.15) is 18.0 Å². The topological polar surface area (TPSA) is 86.7 Å². The Morgan fingerprint density at radius 3 is 2.73 bits per heavy atom. The highest BCUT2D eigenvalue weighted by Gasteiger charge is 2.26. The molecule has 10 heteroatoms. The molecule has 0 aliphatic heterocycles.